The average Bonchev–Trinajstić information content (AvgIpc) is 2.95. The van der Waals surface area contributed by atoms with Gasteiger partial charge < -0.3 is 15.4 Å². The molecule has 0 aliphatic carbocycles. The number of aryl methyl sites for hydroxylation is 1. The Bertz CT molecular complexity index is 2000. The number of nitrogens with one attached hydrogen (secondary N) is 2. The monoisotopic (exact) mass is 743 g/mol. The molecule has 4 rings (SSSR count). The van der Waals surface area contributed by atoms with Gasteiger partial charge >= 0.3 is 17.8 Å². The first kappa shape index (κ1) is 33.4. The summed E-state index contributed by atoms with van der Waals surface area (Å²) in [4.78, 5) is 64.2. The maximum absolute atomic E-state index is 14.9. The van der Waals surface area contributed by atoms with E-state index in [4.69, 9.17) is 0 Å². The number of unbranched alkanes of at least 4 members (excludes halogenated alkanes) is 1. The van der Waals surface area contributed by atoms with Crippen molar-refractivity contribution in [1.82, 2.24) is 13.7 Å². The van der Waals surface area contributed by atoms with E-state index in [-0.39, 0.29) is 53.0 Å². The van der Waals surface area contributed by atoms with Gasteiger partial charge in [-0.25, -0.2) is 14.0 Å². The first-order chi connectivity index (χ1) is 21.1. The molecule has 0 atom stereocenters. The average molecular weight is 743 g/mol. The lowest BCUT2D eigenvalue weighted by Gasteiger charge is -2.21. The first-order valence-corrected chi connectivity index (χ1v) is 14.4. The van der Waals surface area contributed by atoms with Crippen LogP contribution in [0.25, 0.3) is 16.6 Å². The van der Waals surface area contributed by atoms with Gasteiger partial charge in [0.2, 0.25) is 5.91 Å². The molecule has 0 unspecified atom stereocenters. The molecule has 45 heavy (non-hydrogen) atoms. The molecule has 11 nitrogen and oxygen atoms in total. The van der Waals surface area contributed by atoms with Crippen molar-refractivity contribution in [2.75, 3.05) is 17.2 Å². The van der Waals surface area contributed by atoms with Crippen molar-refractivity contribution in [3.05, 3.63) is 88.6 Å². The number of carbonyl (C=O) groups is 2. The van der Waals surface area contributed by atoms with Gasteiger partial charge in [0.05, 0.1) is 23.5 Å². The molecule has 1 amide bonds. The highest BCUT2D eigenvalue weighted by atomic mass is 127. The number of halogens is 5. The highest BCUT2D eigenvalue weighted by Gasteiger charge is 2.40. The molecule has 0 aliphatic heterocycles. The van der Waals surface area contributed by atoms with E-state index in [2.05, 4.69) is 15.4 Å². The van der Waals surface area contributed by atoms with Gasteiger partial charge in [-0.1, -0.05) is 6.07 Å². The summed E-state index contributed by atoms with van der Waals surface area (Å²) in [7, 11) is 1.37. The number of fused-ring (bicyclic) bond motifs is 1. The molecular formula is C29H26F4IN5O6. The van der Waals surface area contributed by atoms with Crippen molar-refractivity contribution >= 4 is 62.6 Å². The largest absolute Gasteiger partial charge is 0.490 e. The predicted molar refractivity (Wildman–Crippen MR) is 167 cm³/mol. The number of ether oxygens (including phenoxy) is 1. The van der Waals surface area contributed by atoms with Crippen LogP contribution in [0.1, 0.15) is 25.3 Å². The molecule has 0 aliphatic rings. The van der Waals surface area contributed by atoms with Crippen LogP contribution in [0.2, 0.25) is 0 Å². The van der Waals surface area contributed by atoms with Crippen LogP contribution in [0.4, 0.5) is 34.8 Å². The van der Waals surface area contributed by atoms with E-state index in [9.17, 15) is 41.5 Å². The molecule has 4 aromatic rings. The molecule has 2 aromatic heterocycles. The number of carbonyl (C=O) groups excluding carboxylic acids is 2. The standard InChI is InChI=1S/C29H26F4IN5O6/c1-15-23-22(24(37(3)25(15)41)36-21-10-9-17(34)13-20(21)30)26(42)38(11-4-5-12-45-27(43)29(31,32)33)28(44)39(23)19-8-6-7-18(14-19)35-16(2)40/h6-10,13-14,36H,4-5,11-12H2,1-3H3,(H,35,40). The number of anilines is 3. The maximum atomic E-state index is 14.9. The minimum Gasteiger partial charge on any atom is -0.459 e. The summed E-state index contributed by atoms with van der Waals surface area (Å²) in [5.41, 5.74) is -1.96. The van der Waals surface area contributed by atoms with Gasteiger partial charge in [0.1, 0.15) is 17.0 Å². The molecule has 0 bridgehead atoms. The van der Waals surface area contributed by atoms with Crippen molar-refractivity contribution in [1.29, 1.82) is 0 Å². The van der Waals surface area contributed by atoms with Gasteiger partial charge in [-0.15, -0.1) is 0 Å². The van der Waals surface area contributed by atoms with E-state index >= 15 is 0 Å². The zero-order valence-electron chi connectivity index (χ0n) is 24.1. The second-order valence-electron chi connectivity index (χ2n) is 9.96. The number of amides is 1. The second-order valence-corrected chi connectivity index (χ2v) is 11.2. The van der Waals surface area contributed by atoms with Crippen LogP contribution in [0.15, 0.2) is 56.8 Å². The number of rotatable bonds is 9. The second kappa shape index (κ2) is 13.3. The molecule has 0 saturated carbocycles. The molecular weight excluding hydrogens is 717 g/mol. The summed E-state index contributed by atoms with van der Waals surface area (Å²) in [5.74, 6) is -3.54. The summed E-state index contributed by atoms with van der Waals surface area (Å²) < 4.78 is 60.2. The van der Waals surface area contributed by atoms with E-state index in [0.717, 1.165) is 13.7 Å². The lowest BCUT2D eigenvalue weighted by molar-refractivity contribution is -0.199. The third-order valence-corrected chi connectivity index (χ3v) is 7.42. The Balaban J connectivity index is 1.95. The number of alkyl halides is 3. The zero-order chi connectivity index (χ0) is 33.2. The fourth-order valence-corrected chi connectivity index (χ4v) is 5.14. The molecule has 2 heterocycles. The zero-order valence-corrected chi connectivity index (χ0v) is 26.2. The van der Waals surface area contributed by atoms with Crippen molar-refractivity contribution < 1.29 is 31.9 Å². The van der Waals surface area contributed by atoms with E-state index in [1.54, 1.807) is 18.2 Å². The van der Waals surface area contributed by atoms with Crippen molar-refractivity contribution in [3.63, 3.8) is 0 Å². The normalized spacial score (nSPS) is 11.5. The lowest BCUT2D eigenvalue weighted by atomic mass is 10.1. The maximum Gasteiger partial charge on any atom is 0.490 e. The van der Waals surface area contributed by atoms with Gasteiger partial charge in [0, 0.05) is 35.3 Å². The van der Waals surface area contributed by atoms with Crippen molar-refractivity contribution in [2.24, 2.45) is 7.05 Å². The number of pyridine rings is 1. The Kier molecular flexibility index (Phi) is 9.84. The number of hydrogen-bond acceptors (Lipinski definition) is 7. The summed E-state index contributed by atoms with van der Waals surface area (Å²) in [6.45, 7) is 1.80. The Morgan fingerprint density at radius 3 is 2.38 bits per heavy atom. The van der Waals surface area contributed by atoms with Gasteiger partial charge in [-0.3, -0.25) is 28.1 Å². The number of esters is 1. The Labute approximate surface area is 265 Å². The van der Waals surface area contributed by atoms with Crippen LogP contribution in [-0.4, -0.2) is 38.4 Å². The molecule has 2 N–H and O–H groups in total. The smallest absolute Gasteiger partial charge is 0.459 e. The Morgan fingerprint density at radius 2 is 1.73 bits per heavy atom. The number of hydrogen-bond donors (Lipinski definition) is 2. The van der Waals surface area contributed by atoms with E-state index in [1.165, 1.54) is 45.2 Å². The third kappa shape index (κ3) is 7.10. The molecule has 0 radical (unpaired) electrons. The lowest BCUT2D eigenvalue weighted by Crippen LogP contribution is -2.41. The minimum atomic E-state index is -5.16. The first-order valence-electron chi connectivity index (χ1n) is 13.3. The summed E-state index contributed by atoms with van der Waals surface area (Å²) in [6.07, 6.45) is -5.32. The van der Waals surface area contributed by atoms with E-state index in [1.807, 2.05) is 22.6 Å². The Morgan fingerprint density at radius 1 is 1.02 bits per heavy atom. The minimum absolute atomic E-state index is 0.0199. The van der Waals surface area contributed by atoms with Gasteiger partial charge in [0.15, 0.2) is 0 Å². The summed E-state index contributed by atoms with van der Waals surface area (Å²) in [5, 5.41) is 5.27. The molecule has 0 spiro atoms. The van der Waals surface area contributed by atoms with Crippen molar-refractivity contribution in [3.8, 4) is 5.69 Å². The SMILES string of the molecule is CC(=O)Nc1cccc(-n2c(=O)n(CCCCOC(=O)C(F)(F)F)c(=O)c3c(Nc4ccc(I)cc4F)n(C)c(=O)c(C)c32)c1. The summed E-state index contributed by atoms with van der Waals surface area (Å²) in [6, 6.07) is 10.3. The number of benzene rings is 2. The van der Waals surface area contributed by atoms with Crippen LogP contribution in [0, 0.1) is 16.3 Å². The van der Waals surface area contributed by atoms with E-state index in [0.29, 0.717) is 9.26 Å². The fourth-order valence-electron chi connectivity index (χ4n) is 4.69. The predicted octanol–water partition coefficient (Wildman–Crippen LogP) is 4.49. The van der Waals surface area contributed by atoms with Crippen LogP contribution in [-0.2, 0) is 27.9 Å². The summed E-state index contributed by atoms with van der Waals surface area (Å²) >= 11 is 1.92. The van der Waals surface area contributed by atoms with Crippen LogP contribution in [0.5, 0.6) is 0 Å². The molecule has 2 aromatic carbocycles. The quantitative estimate of drug-likeness (QED) is 0.112. The van der Waals surface area contributed by atoms with Gasteiger partial charge in [0.25, 0.3) is 11.1 Å². The van der Waals surface area contributed by atoms with Crippen molar-refractivity contribution in [2.45, 2.75) is 39.4 Å². The highest BCUT2D eigenvalue weighted by Crippen LogP contribution is 2.28. The third-order valence-electron chi connectivity index (χ3n) is 6.74. The molecule has 238 valence electrons. The van der Waals surface area contributed by atoms with E-state index < -0.39 is 47.3 Å². The number of nitrogens with zero attached hydrogens (tertiary/aromatic N) is 3. The Hall–Kier alpha value is -4.48. The van der Waals surface area contributed by atoms with Crippen LogP contribution in [0.3, 0.4) is 0 Å². The molecule has 16 heteroatoms. The van der Waals surface area contributed by atoms with Crippen LogP contribution >= 0.6 is 22.6 Å². The molecule has 0 saturated heterocycles. The topological polar surface area (TPSA) is 133 Å². The van der Waals surface area contributed by atoms with Crippen LogP contribution < -0.4 is 27.4 Å². The number of aromatic nitrogens is 3. The highest BCUT2D eigenvalue weighted by molar-refractivity contribution is 14.1. The van der Waals surface area contributed by atoms with Gasteiger partial charge in [-0.2, -0.15) is 13.2 Å². The molecule has 0 fully saturated rings. The van der Waals surface area contributed by atoms with Gasteiger partial charge in [-0.05, 0) is 78.8 Å². The fraction of sp³-hybridized carbons (Fsp3) is 0.276.